The molecule has 1 atom stereocenters. The van der Waals surface area contributed by atoms with Crippen molar-refractivity contribution in [2.24, 2.45) is 0 Å². The first-order valence-corrected chi connectivity index (χ1v) is 6.90. The lowest BCUT2D eigenvalue weighted by atomic mass is 10.1. The van der Waals surface area contributed by atoms with Crippen LogP contribution in [-0.4, -0.2) is 24.7 Å². The van der Waals surface area contributed by atoms with Gasteiger partial charge in [-0.2, -0.15) is 0 Å². The molecule has 1 fully saturated rings. The van der Waals surface area contributed by atoms with Gasteiger partial charge in [-0.1, -0.05) is 26.0 Å². The lowest BCUT2D eigenvalue weighted by Crippen LogP contribution is -2.27. The van der Waals surface area contributed by atoms with Gasteiger partial charge in [0.15, 0.2) is 0 Å². The zero-order valence-corrected chi connectivity index (χ0v) is 11.6. The van der Waals surface area contributed by atoms with E-state index in [0.717, 1.165) is 25.1 Å². The van der Waals surface area contributed by atoms with Crippen LogP contribution in [0.25, 0.3) is 0 Å². The molecule has 1 aliphatic rings. The molecule has 4 nitrogen and oxygen atoms in total. The van der Waals surface area contributed by atoms with Crippen molar-refractivity contribution in [2.45, 2.75) is 45.4 Å². The highest BCUT2D eigenvalue weighted by molar-refractivity contribution is 5.94. The maximum atomic E-state index is 11.9. The summed E-state index contributed by atoms with van der Waals surface area (Å²) < 4.78 is 5.37. The van der Waals surface area contributed by atoms with Crippen molar-refractivity contribution < 1.29 is 9.53 Å². The summed E-state index contributed by atoms with van der Waals surface area (Å²) in [7, 11) is 0. The third kappa shape index (κ3) is 4.33. The van der Waals surface area contributed by atoms with E-state index in [1.165, 1.54) is 5.56 Å². The first-order chi connectivity index (χ1) is 9.15. The summed E-state index contributed by atoms with van der Waals surface area (Å²) in [5.41, 5.74) is 2.00. The molecule has 2 N–H and O–H groups in total. The molecule has 0 radical (unpaired) electrons. The topological polar surface area (TPSA) is 50.4 Å². The standard InChI is InChI=1S/C15H22N2O2/c1-11(2)16-10-12-5-3-6-13(9-12)17-15(18)14-7-4-8-19-14/h3,5-6,9,11,14,16H,4,7-8,10H2,1-2H3,(H,17,18). The molecule has 0 aliphatic carbocycles. The molecule has 0 spiro atoms. The third-order valence-electron chi connectivity index (χ3n) is 3.13. The van der Waals surface area contributed by atoms with E-state index in [9.17, 15) is 4.79 Å². The molecule has 4 heteroatoms. The number of nitrogens with one attached hydrogen (secondary N) is 2. The predicted molar refractivity (Wildman–Crippen MR) is 76.0 cm³/mol. The van der Waals surface area contributed by atoms with Gasteiger partial charge in [0.2, 0.25) is 0 Å². The Hall–Kier alpha value is -1.39. The van der Waals surface area contributed by atoms with Gasteiger partial charge < -0.3 is 15.4 Å². The highest BCUT2D eigenvalue weighted by atomic mass is 16.5. The van der Waals surface area contributed by atoms with Crippen LogP contribution in [0.3, 0.4) is 0 Å². The highest BCUT2D eigenvalue weighted by Crippen LogP contribution is 2.16. The predicted octanol–water partition coefficient (Wildman–Crippen LogP) is 2.30. The summed E-state index contributed by atoms with van der Waals surface area (Å²) in [6.45, 7) is 5.73. The van der Waals surface area contributed by atoms with E-state index >= 15 is 0 Å². The van der Waals surface area contributed by atoms with Crippen molar-refractivity contribution in [3.05, 3.63) is 29.8 Å². The van der Waals surface area contributed by atoms with E-state index in [1.54, 1.807) is 0 Å². The van der Waals surface area contributed by atoms with Crippen LogP contribution in [0.5, 0.6) is 0 Å². The minimum atomic E-state index is -0.280. The van der Waals surface area contributed by atoms with E-state index in [1.807, 2.05) is 18.2 Å². The molecule has 1 heterocycles. The van der Waals surface area contributed by atoms with Gasteiger partial charge in [-0.15, -0.1) is 0 Å². The van der Waals surface area contributed by atoms with Gasteiger partial charge in [-0.3, -0.25) is 4.79 Å². The number of hydrogen-bond acceptors (Lipinski definition) is 3. The molecule has 1 aromatic carbocycles. The largest absolute Gasteiger partial charge is 0.368 e. The van der Waals surface area contributed by atoms with Crippen LogP contribution in [0.4, 0.5) is 5.69 Å². The molecule has 0 bridgehead atoms. The summed E-state index contributed by atoms with van der Waals surface area (Å²) in [6.07, 6.45) is 1.51. The van der Waals surface area contributed by atoms with Crippen molar-refractivity contribution in [2.75, 3.05) is 11.9 Å². The Morgan fingerprint density at radius 2 is 2.32 bits per heavy atom. The first-order valence-electron chi connectivity index (χ1n) is 6.90. The summed E-state index contributed by atoms with van der Waals surface area (Å²) in [5, 5.41) is 6.28. The van der Waals surface area contributed by atoms with Gasteiger partial charge >= 0.3 is 0 Å². The van der Waals surface area contributed by atoms with Crippen LogP contribution in [0.15, 0.2) is 24.3 Å². The zero-order chi connectivity index (χ0) is 13.7. The second-order valence-corrected chi connectivity index (χ2v) is 5.23. The summed E-state index contributed by atoms with van der Waals surface area (Å²) in [5.74, 6) is -0.0357. The van der Waals surface area contributed by atoms with Gasteiger partial charge in [0, 0.05) is 24.9 Å². The molecular formula is C15H22N2O2. The van der Waals surface area contributed by atoms with E-state index in [2.05, 4.69) is 30.5 Å². The van der Waals surface area contributed by atoms with Gasteiger partial charge in [-0.25, -0.2) is 0 Å². The molecule has 1 aliphatic heterocycles. The number of rotatable bonds is 5. The smallest absolute Gasteiger partial charge is 0.253 e. The molecular weight excluding hydrogens is 240 g/mol. The second-order valence-electron chi connectivity index (χ2n) is 5.23. The monoisotopic (exact) mass is 262 g/mol. The fourth-order valence-corrected chi connectivity index (χ4v) is 2.09. The molecule has 0 saturated carbocycles. The van der Waals surface area contributed by atoms with E-state index < -0.39 is 0 Å². The van der Waals surface area contributed by atoms with E-state index in [0.29, 0.717) is 12.6 Å². The van der Waals surface area contributed by atoms with Crippen molar-refractivity contribution >= 4 is 11.6 Å². The molecule has 104 valence electrons. The van der Waals surface area contributed by atoms with Crippen LogP contribution in [0.2, 0.25) is 0 Å². The van der Waals surface area contributed by atoms with Gasteiger partial charge in [0.1, 0.15) is 6.10 Å². The fraction of sp³-hybridized carbons (Fsp3) is 0.533. The van der Waals surface area contributed by atoms with Crippen LogP contribution in [-0.2, 0) is 16.1 Å². The van der Waals surface area contributed by atoms with Crippen LogP contribution < -0.4 is 10.6 Å². The van der Waals surface area contributed by atoms with Crippen LogP contribution in [0, 0.1) is 0 Å². The van der Waals surface area contributed by atoms with Crippen molar-refractivity contribution in [3.63, 3.8) is 0 Å². The quantitative estimate of drug-likeness (QED) is 0.856. The first kappa shape index (κ1) is 14.0. The van der Waals surface area contributed by atoms with E-state index in [4.69, 9.17) is 4.74 Å². The van der Waals surface area contributed by atoms with Gasteiger partial charge in [0.05, 0.1) is 0 Å². The number of amides is 1. The number of ether oxygens (including phenoxy) is 1. The molecule has 0 aromatic heterocycles. The molecule has 1 unspecified atom stereocenters. The Kier molecular flexibility index (Phi) is 4.93. The van der Waals surface area contributed by atoms with Crippen molar-refractivity contribution in [1.82, 2.24) is 5.32 Å². The Morgan fingerprint density at radius 3 is 3.00 bits per heavy atom. The van der Waals surface area contributed by atoms with Crippen LogP contribution in [0.1, 0.15) is 32.3 Å². The second kappa shape index (κ2) is 6.68. The number of carbonyl (C=O) groups excluding carboxylic acids is 1. The lowest BCUT2D eigenvalue weighted by molar-refractivity contribution is -0.124. The zero-order valence-electron chi connectivity index (χ0n) is 11.6. The Balaban J connectivity index is 1.92. The van der Waals surface area contributed by atoms with Gasteiger partial charge in [-0.05, 0) is 30.5 Å². The molecule has 1 saturated heterocycles. The molecule has 2 rings (SSSR count). The number of carbonyl (C=O) groups is 1. The average molecular weight is 262 g/mol. The average Bonchev–Trinajstić information content (AvgIpc) is 2.91. The summed E-state index contributed by atoms with van der Waals surface area (Å²) in [6, 6.07) is 8.37. The minimum absolute atomic E-state index is 0.0357. The molecule has 19 heavy (non-hydrogen) atoms. The van der Waals surface area contributed by atoms with E-state index in [-0.39, 0.29) is 12.0 Å². The fourth-order valence-electron chi connectivity index (χ4n) is 2.09. The highest BCUT2D eigenvalue weighted by Gasteiger charge is 2.23. The summed E-state index contributed by atoms with van der Waals surface area (Å²) in [4.78, 5) is 11.9. The SMILES string of the molecule is CC(C)NCc1cccc(NC(=O)C2CCCO2)c1. The summed E-state index contributed by atoms with van der Waals surface area (Å²) >= 11 is 0. The minimum Gasteiger partial charge on any atom is -0.368 e. The molecule has 1 amide bonds. The van der Waals surface area contributed by atoms with Gasteiger partial charge in [0.25, 0.3) is 5.91 Å². The van der Waals surface area contributed by atoms with Crippen molar-refractivity contribution in [3.8, 4) is 0 Å². The number of hydrogen-bond donors (Lipinski definition) is 2. The molecule has 1 aromatic rings. The van der Waals surface area contributed by atoms with Crippen molar-refractivity contribution in [1.29, 1.82) is 0 Å². The van der Waals surface area contributed by atoms with Crippen LogP contribution >= 0.6 is 0 Å². The lowest BCUT2D eigenvalue weighted by Gasteiger charge is -2.12. The Morgan fingerprint density at radius 1 is 1.47 bits per heavy atom. The maximum Gasteiger partial charge on any atom is 0.253 e. The number of anilines is 1. The number of benzene rings is 1. The Bertz CT molecular complexity index is 426. The Labute approximate surface area is 114 Å². The normalized spacial score (nSPS) is 18.8. The maximum absolute atomic E-state index is 11.9. The third-order valence-corrected chi connectivity index (χ3v) is 3.13.